The highest BCUT2D eigenvalue weighted by Crippen LogP contribution is 2.12. The van der Waals surface area contributed by atoms with Crippen molar-refractivity contribution in [1.29, 1.82) is 0 Å². The third-order valence-electron chi connectivity index (χ3n) is 3.60. The SMILES string of the molecule is CCCCN(C)C(=O)c1cnc(NCC2CCCO2)cn1. The molecule has 2 rings (SSSR count). The van der Waals surface area contributed by atoms with Gasteiger partial charge in [0, 0.05) is 26.7 Å². The first-order valence-corrected chi connectivity index (χ1v) is 7.63. The van der Waals surface area contributed by atoms with E-state index in [0.29, 0.717) is 11.5 Å². The average molecular weight is 292 g/mol. The largest absolute Gasteiger partial charge is 0.376 e. The van der Waals surface area contributed by atoms with Gasteiger partial charge in [0.15, 0.2) is 0 Å². The molecule has 0 radical (unpaired) electrons. The van der Waals surface area contributed by atoms with Crippen LogP contribution in [0.5, 0.6) is 0 Å². The molecule has 0 spiro atoms. The molecule has 6 heteroatoms. The van der Waals surface area contributed by atoms with Crippen molar-refractivity contribution in [3.63, 3.8) is 0 Å². The summed E-state index contributed by atoms with van der Waals surface area (Å²) in [6.45, 7) is 4.43. The Kier molecular flexibility index (Phi) is 5.92. The molecule has 21 heavy (non-hydrogen) atoms. The van der Waals surface area contributed by atoms with Crippen LogP contribution in [-0.2, 0) is 4.74 Å². The van der Waals surface area contributed by atoms with Gasteiger partial charge in [0.05, 0.1) is 18.5 Å². The van der Waals surface area contributed by atoms with Gasteiger partial charge < -0.3 is 15.0 Å². The highest BCUT2D eigenvalue weighted by molar-refractivity contribution is 5.91. The summed E-state index contributed by atoms with van der Waals surface area (Å²) in [6.07, 6.45) is 7.66. The van der Waals surface area contributed by atoms with Crippen molar-refractivity contribution >= 4 is 11.7 Å². The smallest absolute Gasteiger partial charge is 0.273 e. The van der Waals surface area contributed by atoms with Gasteiger partial charge in [-0.2, -0.15) is 0 Å². The molecule has 1 saturated heterocycles. The number of carbonyl (C=O) groups is 1. The van der Waals surface area contributed by atoms with Crippen LogP contribution in [0.1, 0.15) is 43.1 Å². The lowest BCUT2D eigenvalue weighted by Gasteiger charge is -2.16. The third kappa shape index (κ3) is 4.67. The number of nitrogens with one attached hydrogen (secondary N) is 1. The summed E-state index contributed by atoms with van der Waals surface area (Å²) in [6, 6.07) is 0. The molecule has 1 aromatic heterocycles. The monoisotopic (exact) mass is 292 g/mol. The van der Waals surface area contributed by atoms with Gasteiger partial charge in [-0.1, -0.05) is 13.3 Å². The first-order chi connectivity index (χ1) is 10.2. The molecule has 0 aliphatic carbocycles. The number of nitrogens with zero attached hydrogens (tertiary/aromatic N) is 3. The maximum Gasteiger partial charge on any atom is 0.273 e. The quantitative estimate of drug-likeness (QED) is 0.832. The highest BCUT2D eigenvalue weighted by atomic mass is 16.5. The summed E-state index contributed by atoms with van der Waals surface area (Å²) >= 11 is 0. The fraction of sp³-hybridized carbons (Fsp3) is 0.667. The zero-order valence-corrected chi connectivity index (χ0v) is 12.8. The van der Waals surface area contributed by atoms with Crippen LogP contribution in [0.3, 0.4) is 0 Å². The number of unbranched alkanes of at least 4 members (excludes halogenated alkanes) is 1. The number of aromatic nitrogens is 2. The summed E-state index contributed by atoms with van der Waals surface area (Å²) in [7, 11) is 1.79. The molecule has 1 aliphatic rings. The minimum absolute atomic E-state index is 0.0818. The lowest BCUT2D eigenvalue weighted by molar-refractivity contribution is 0.0787. The Morgan fingerprint density at radius 2 is 2.33 bits per heavy atom. The summed E-state index contributed by atoms with van der Waals surface area (Å²) in [5.74, 6) is 0.597. The average Bonchev–Trinajstić information content (AvgIpc) is 3.04. The van der Waals surface area contributed by atoms with Crippen LogP contribution in [0.25, 0.3) is 0 Å². The van der Waals surface area contributed by atoms with Gasteiger partial charge in [0.25, 0.3) is 5.91 Å². The number of ether oxygens (including phenoxy) is 1. The summed E-state index contributed by atoms with van der Waals surface area (Å²) in [5, 5.41) is 3.19. The number of hydrogen-bond acceptors (Lipinski definition) is 5. The van der Waals surface area contributed by atoms with E-state index in [1.165, 1.54) is 6.20 Å². The van der Waals surface area contributed by atoms with Gasteiger partial charge in [-0.05, 0) is 19.3 Å². The van der Waals surface area contributed by atoms with Crippen LogP contribution >= 0.6 is 0 Å². The molecule has 1 N–H and O–H groups in total. The van der Waals surface area contributed by atoms with E-state index in [1.54, 1.807) is 18.1 Å². The number of hydrogen-bond donors (Lipinski definition) is 1. The lowest BCUT2D eigenvalue weighted by Crippen LogP contribution is -2.28. The van der Waals surface area contributed by atoms with Crippen LogP contribution in [0.2, 0.25) is 0 Å². The van der Waals surface area contributed by atoms with E-state index < -0.39 is 0 Å². The van der Waals surface area contributed by atoms with E-state index >= 15 is 0 Å². The number of carbonyl (C=O) groups excluding carboxylic acids is 1. The summed E-state index contributed by atoms with van der Waals surface area (Å²) < 4.78 is 5.53. The summed E-state index contributed by atoms with van der Waals surface area (Å²) in [4.78, 5) is 22.2. The molecule has 1 amide bonds. The van der Waals surface area contributed by atoms with E-state index in [-0.39, 0.29) is 12.0 Å². The Morgan fingerprint density at radius 1 is 1.48 bits per heavy atom. The lowest BCUT2D eigenvalue weighted by atomic mass is 10.2. The van der Waals surface area contributed by atoms with Crippen molar-refractivity contribution in [1.82, 2.24) is 14.9 Å². The van der Waals surface area contributed by atoms with Gasteiger partial charge in [-0.25, -0.2) is 9.97 Å². The first kappa shape index (κ1) is 15.7. The number of rotatable bonds is 7. The van der Waals surface area contributed by atoms with E-state index in [1.807, 2.05) is 0 Å². The van der Waals surface area contributed by atoms with Crippen LogP contribution in [0.15, 0.2) is 12.4 Å². The minimum Gasteiger partial charge on any atom is -0.376 e. The molecule has 1 atom stereocenters. The highest BCUT2D eigenvalue weighted by Gasteiger charge is 2.16. The van der Waals surface area contributed by atoms with E-state index in [2.05, 4.69) is 22.2 Å². The zero-order valence-electron chi connectivity index (χ0n) is 12.8. The molecule has 0 aromatic carbocycles. The van der Waals surface area contributed by atoms with Crippen LogP contribution in [0, 0.1) is 0 Å². The van der Waals surface area contributed by atoms with Crippen LogP contribution in [-0.4, -0.2) is 53.6 Å². The Balaban J connectivity index is 1.84. The molecule has 0 saturated carbocycles. The molecular formula is C15H24N4O2. The molecule has 1 aromatic rings. The predicted octanol–water partition coefficient (Wildman–Crippen LogP) is 1.94. The van der Waals surface area contributed by atoms with Crippen LogP contribution in [0.4, 0.5) is 5.82 Å². The standard InChI is InChI=1S/C15H24N4O2/c1-3-4-7-19(2)15(20)13-10-18-14(11-16-13)17-9-12-6-5-8-21-12/h10-12H,3-9H2,1-2H3,(H,17,18). The normalized spacial score (nSPS) is 17.7. The number of amides is 1. The fourth-order valence-corrected chi connectivity index (χ4v) is 2.25. The van der Waals surface area contributed by atoms with Crippen molar-refractivity contribution in [3.8, 4) is 0 Å². The predicted molar refractivity (Wildman–Crippen MR) is 81.4 cm³/mol. The van der Waals surface area contributed by atoms with Crippen molar-refractivity contribution in [2.45, 2.75) is 38.7 Å². The number of anilines is 1. The molecule has 1 fully saturated rings. The molecule has 0 bridgehead atoms. The molecule has 6 nitrogen and oxygen atoms in total. The van der Waals surface area contributed by atoms with Crippen LogP contribution < -0.4 is 5.32 Å². The Hall–Kier alpha value is -1.69. The fourth-order valence-electron chi connectivity index (χ4n) is 2.25. The molecule has 116 valence electrons. The third-order valence-corrected chi connectivity index (χ3v) is 3.60. The summed E-state index contributed by atoms with van der Waals surface area (Å²) in [5.41, 5.74) is 0.385. The first-order valence-electron chi connectivity index (χ1n) is 7.63. The Bertz CT molecular complexity index is 443. The van der Waals surface area contributed by atoms with Gasteiger partial charge >= 0.3 is 0 Å². The van der Waals surface area contributed by atoms with Crippen molar-refractivity contribution in [2.24, 2.45) is 0 Å². The maximum atomic E-state index is 12.1. The van der Waals surface area contributed by atoms with Crippen molar-refractivity contribution in [3.05, 3.63) is 18.1 Å². The zero-order chi connectivity index (χ0) is 15.1. The van der Waals surface area contributed by atoms with Gasteiger partial charge in [0.2, 0.25) is 0 Å². The molecule has 2 heterocycles. The van der Waals surface area contributed by atoms with E-state index in [9.17, 15) is 4.79 Å². The minimum atomic E-state index is -0.0818. The van der Waals surface area contributed by atoms with E-state index in [4.69, 9.17) is 4.74 Å². The topological polar surface area (TPSA) is 67.4 Å². The Morgan fingerprint density at radius 3 is 2.95 bits per heavy atom. The molecule has 1 aliphatic heterocycles. The Labute approximate surface area is 125 Å². The van der Waals surface area contributed by atoms with Crippen molar-refractivity contribution < 1.29 is 9.53 Å². The van der Waals surface area contributed by atoms with Crippen molar-refractivity contribution in [2.75, 3.05) is 32.1 Å². The second kappa shape index (κ2) is 7.93. The second-order valence-corrected chi connectivity index (χ2v) is 5.38. The maximum absolute atomic E-state index is 12.1. The van der Waals surface area contributed by atoms with Gasteiger partial charge in [0.1, 0.15) is 11.5 Å². The molecular weight excluding hydrogens is 268 g/mol. The molecule has 1 unspecified atom stereocenters. The van der Waals surface area contributed by atoms with Gasteiger partial charge in [-0.15, -0.1) is 0 Å². The second-order valence-electron chi connectivity index (χ2n) is 5.38. The van der Waals surface area contributed by atoms with E-state index in [0.717, 1.165) is 45.4 Å². The van der Waals surface area contributed by atoms with Gasteiger partial charge in [-0.3, -0.25) is 4.79 Å².